The van der Waals surface area contributed by atoms with Crippen LogP contribution in [-0.4, -0.2) is 18.2 Å². The van der Waals surface area contributed by atoms with E-state index in [1.165, 1.54) is 18.2 Å². The normalized spacial score (nSPS) is 19.6. The summed E-state index contributed by atoms with van der Waals surface area (Å²) in [7, 11) is 0. The second-order valence-electron chi connectivity index (χ2n) is 3.26. The molecule has 2 rings (SSSR count). The highest BCUT2D eigenvalue weighted by atomic mass is 35.5. The van der Waals surface area contributed by atoms with Crippen molar-refractivity contribution in [1.29, 1.82) is 0 Å². The number of benzene rings is 1. The number of hydrogen-bond donors (Lipinski definition) is 2. The van der Waals surface area contributed by atoms with Crippen LogP contribution in [-0.2, 0) is 5.60 Å². The number of halogens is 2. The van der Waals surface area contributed by atoms with E-state index < -0.39 is 5.60 Å². The van der Waals surface area contributed by atoms with Gasteiger partial charge in [-0.3, -0.25) is 0 Å². The average Bonchev–Trinajstić information content (AvgIpc) is 2.00. The summed E-state index contributed by atoms with van der Waals surface area (Å²) in [5.41, 5.74) is -0.320. The zero-order chi connectivity index (χ0) is 9.47. The molecule has 0 saturated carbocycles. The van der Waals surface area contributed by atoms with Crippen molar-refractivity contribution < 1.29 is 9.50 Å². The largest absolute Gasteiger partial charge is 0.382 e. The van der Waals surface area contributed by atoms with Gasteiger partial charge in [-0.1, -0.05) is 17.7 Å². The molecule has 1 aromatic carbocycles. The average molecular weight is 202 g/mol. The van der Waals surface area contributed by atoms with Crippen molar-refractivity contribution in [3.63, 3.8) is 0 Å². The molecular formula is C9H9ClFNO. The second-order valence-corrected chi connectivity index (χ2v) is 3.67. The third-order valence-corrected chi connectivity index (χ3v) is 2.58. The number of aliphatic hydroxyl groups is 1. The number of β-amino-alcohol motifs (C(OH)–C–C–N with tert-alkyl or cyclic N) is 1. The van der Waals surface area contributed by atoms with Crippen LogP contribution < -0.4 is 5.32 Å². The number of hydrogen-bond acceptors (Lipinski definition) is 2. The smallest absolute Gasteiger partial charge is 0.124 e. The molecular weight excluding hydrogens is 193 g/mol. The SMILES string of the molecule is OC1(c2ccc(F)cc2Cl)CNC1. The molecule has 1 aromatic rings. The van der Waals surface area contributed by atoms with Crippen LogP contribution in [0.5, 0.6) is 0 Å². The Kier molecular flexibility index (Phi) is 2.02. The van der Waals surface area contributed by atoms with Gasteiger partial charge in [-0.2, -0.15) is 0 Å². The monoisotopic (exact) mass is 201 g/mol. The Morgan fingerprint density at radius 1 is 1.46 bits per heavy atom. The Balaban J connectivity index is 2.40. The second kappa shape index (κ2) is 2.94. The topological polar surface area (TPSA) is 32.3 Å². The first kappa shape index (κ1) is 8.94. The molecule has 2 nitrogen and oxygen atoms in total. The highest BCUT2D eigenvalue weighted by molar-refractivity contribution is 6.31. The first-order chi connectivity index (χ1) is 6.12. The van der Waals surface area contributed by atoms with E-state index in [-0.39, 0.29) is 10.8 Å². The lowest BCUT2D eigenvalue weighted by atomic mass is 9.88. The van der Waals surface area contributed by atoms with Crippen molar-refractivity contribution in [2.24, 2.45) is 0 Å². The molecule has 0 radical (unpaired) electrons. The highest BCUT2D eigenvalue weighted by Gasteiger charge is 2.37. The Hall–Kier alpha value is -0.640. The van der Waals surface area contributed by atoms with E-state index in [0.29, 0.717) is 18.7 Å². The summed E-state index contributed by atoms with van der Waals surface area (Å²) in [5, 5.41) is 13.1. The molecule has 1 saturated heterocycles. The van der Waals surface area contributed by atoms with E-state index in [2.05, 4.69) is 5.32 Å². The van der Waals surface area contributed by atoms with Gasteiger partial charge in [0.25, 0.3) is 0 Å². The molecule has 1 heterocycles. The molecule has 2 N–H and O–H groups in total. The molecule has 0 aromatic heterocycles. The van der Waals surface area contributed by atoms with Gasteiger partial charge in [0.2, 0.25) is 0 Å². The minimum absolute atomic E-state index is 0.281. The van der Waals surface area contributed by atoms with E-state index in [0.717, 1.165) is 0 Å². The van der Waals surface area contributed by atoms with Crippen LogP contribution in [0.1, 0.15) is 5.56 Å². The van der Waals surface area contributed by atoms with Gasteiger partial charge in [0.15, 0.2) is 0 Å². The summed E-state index contributed by atoms with van der Waals surface area (Å²) < 4.78 is 12.7. The van der Waals surface area contributed by atoms with Crippen molar-refractivity contribution in [3.05, 3.63) is 34.6 Å². The number of nitrogens with one attached hydrogen (secondary N) is 1. The fraction of sp³-hybridized carbons (Fsp3) is 0.333. The zero-order valence-electron chi connectivity index (χ0n) is 6.85. The maximum absolute atomic E-state index is 12.7. The zero-order valence-corrected chi connectivity index (χ0v) is 7.61. The summed E-state index contributed by atoms with van der Waals surface area (Å²) in [6.45, 7) is 0.941. The molecule has 0 amide bonds. The van der Waals surface area contributed by atoms with Crippen molar-refractivity contribution >= 4 is 11.6 Å². The molecule has 70 valence electrons. The van der Waals surface area contributed by atoms with Crippen LogP contribution in [0.3, 0.4) is 0 Å². The summed E-state index contributed by atoms with van der Waals surface area (Å²) in [5.74, 6) is -0.385. The van der Waals surface area contributed by atoms with Crippen LogP contribution in [0.15, 0.2) is 18.2 Å². The van der Waals surface area contributed by atoms with Gasteiger partial charge in [0.05, 0.1) is 0 Å². The fourth-order valence-electron chi connectivity index (χ4n) is 1.42. The van der Waals surface area contributed by atoms with E-state index >= 15 is 0 Å². The molecule has 1 aliphatic rings. The van der Waals surface area contributed by atoms with E-state index in [1.54, 1.807) is 0 Å². The van der Waals surface area contributed by atoms with Gasteiger partial charge >= 0.3 is 0 Å². The van der Waals surface area contributed by atoms with Crippen molar-refractivity contribution in [2.45, 2.75) is 5.60 Å². The third-order valence-electron chi connectivity index (χ3n) is 2.27. The molecule has 0 atom stereocenters. The predicted molar refractivity (Wildman–Crippen MR) is 48.2 cm³/mol. The standard InChI is InChI=1S/C9H9ClFNO/c10-8-3-6(11)1-2-7(8)9(13)4-12-5-9/h1-3,12-13H,4-5H2. The maximum Gasteiger partial charge on any atom is 0.124 e. The molecule has 1 aliphatic heterocycles. The first-order valence-electron chi connectivity index (χ1n) is 4.00. The third kappa shape index (κ3) is 1.43. The first-order valence-corrected chi connectivity index (χ1v) is 4.38. The molecule has 0 aliphatic carbocycles. The summed E-state index contributed by atoms with van der Waals surface area (Å²) >= 11 is 5.80. The fourth-order valence-corrected chi connectivity index (χ4v) is 1.76. The molecule has 0 bridgehead atoms. The predicted octanol–water partition coefficient (Wildman–Crippen LogP) is 1.27. The summed E-state index contributed by atoms with van der Waals surface area (Å²) in [4.78, 5) is 0. The molecule has 0 spiro atoms. The molecule has 13 heavy (non-hydrogen) atoms. The minimum atomic E-state index is -0.912. The van der Waals surface area contributed by atoms with Crippen LogP contribution in [0.25, 0.3) is 0 Å². The van der Waals surface area contributed by atoms with E-state index in [9.17, 15) is 9.50 Å². The Labute approximate surface area is 80.3 Å². The van der Waals surface area contributed by atoms with Crippen molar-refractivity contribution in [3.8, 4) is 0 Å². The Bertz CT molecular complexity index is 338. The van der Waals surface area contributed by atoms with E-state index in [1.807, 2.05) is 0 Å². The lowest BCUT2D eigenvalue weighted by Gasteiger charge is -2.38. The van der Waals surface area contributed by atoms with Gasteiger partial charge in [-0.05, 0) is 12.1 Å². The van der Waals surface area contributed by atoms with Crippen molar-refractivity contribution in [2.75, 3.05) is 13.1 Å². The summed E-state index contributed by atoms with van der Waals surface area (Å²) in [6.07, 6.45) is 0. The summed E-state index contributed by atoms with van der Waals surface area (Å²) in [6, 6.07) is 4.04. The van der Waals surface area contributed by atoms with Crippen molar-refractivity contribution in [1.82, 2.24) is 5.32 Å². The van der Waals surface area contributed by atoms with Gasteiger partial charge in [-0.15, -0.1) is 0 Å². The van der Waals surface area contributed by atoms with Gasteiger partial charge in [0, 0.05) is 23.7 Å². The minimum Gasteiger partial charge on any atom is -0.382 e. The Morgan fingerprint density at radius 3 is 2.62 bits per heavy atom. The quantitative estimate of drug-likeness (QED) is 0.717. The van der Waals surface area contributed by atoms with Gasteiger partial charge < -0.3 is 10.4 Å². The van der Waals surface area contributed by atoms with Crippen LogP contribution >= 0.6 is 11.6 Å². The van der Waals surface area contributed by atoms with Gasteiger partial charge in [0.1, 0.15) is 11.4 Å². The van der Waals surface area contributed by atoms with Gasteiger partial charge in [-0.25, -0.2) is 4.39 Å². The highest BCUT2D eigenvalue weighted by Crippen LogP contribution is 2.31. The maximum atomic E-state index is 12.7. The van der Waals surface area contributed by atoms with Crippen LogP contribution in [0.4, 0.5) is 4.39 Å². The molecule has 1 fully saturated rings. The van der Waals surface area contributed by atoms with Crippen LogP contribution in [0, 0.1) is 5.82 Å². The van der Waals surface area contributed by atoms with Crippen LogP contribution in [0.2, 0.25) is 5.02 Å². The Morgan fingerprint density at radius 2 is 2.15 bits per heavy atom. The molecule has 0 unspecified atom stereocenters. The lowest BCUT2D eigenvalue weighted by Crippen LogP contribution is -2.56. The molecule has 4 heteroatoms. The van der Waals surface area contributed by atoms with E-state index in [4.69, 9.17) is 11.6 Å². The lowest BCUT2D eigenvalue weighted by molar-refractivity contribution is -0.0146. The number of rotatable bonds is 1.